The molecule has 1 N–H and O–H groups in total. The zero-order valence-electron chi connectivity index (χ0n) is 13.7. The second-order valence-corrected chi connectivity index (χ2v) is 6.46. The number of hydrogen-bond acceptors (Lipinski definition) is 6. The van der Waals surface area contributed by atoms with E-state index in [1.807, 2.05) is 24.3 Å². The van der Waals surface area contributed by atoms with Crippen LogP contribution < -0.4 is 4.74 Å². The third-order valence-corrected chi connectivity index (χ3v) is 5.15. The molecular weight excluding hydrogens is 324 g/mol. The van der Waals surface area contributed by atoms with E-state index in [0.29, 0.717) is 18.8 Å². The molecule has 2 aliphatic heterocycles. The Morgan fingerprint density at radius 1 is 1.24 bits per heavy atom. The van der Waals surface area contributed by atoms with E-state index in [-0.39, 0.29) is 18.8 Å². The van der Waals surface area contributed by atoms with Crippen molar-refractivity contribution in [2.75, 3.05) is 20.5 Å². The molecular formula is C19H18O6. The van der Waals surface area contributed by atoms with Crippen LogP contribution in [0.4, 0.5) is 0 Å². The van der Waals surface area contributed by atoms with Gasteiger partial charge in [0.25, 0.3) is 0 Å². The van der Waals surface area contributed by atoms with E-state index >= 15 is 0 Å². The molecule has 3 atom stereocenters. The predicted octanol–water partition coefficient (Wildman–Crippen LogP) is 3.04. The summed E-state index contributed by atoms with van der Waals surface area (Å²) in [6.07, 6.45) is 3.37. The van der Waals surface area contributed by atoms with Crippen molar-refractivity contribution in [2.24, 2.45) is 5.92 Å². The molecule has 3 aliphatic rings. The van der Waals surface area contributed by atoms with Gasteiger partial charge in [-0.25, -0.2) is 0 Å². The summed E-state index contributed by atoms with van der Waals surface area (Å²) < 4.78 is 28.0. The summed E-state index contributed by atoms with van der Waals surface area (Å²) in [5.41, 5.74) is 2.42. The van der Waals surface area contributed by atoms with Gasteiger partial charge in [-0.3, -0.25) is 0 Å². The Labute approximate surface area is 144 Å². The van der Waals surface area contributed by atoms with Crippen molar-refractivity contribution in [2.45, 2.75) is 18.6 Å². The summed E-state index contributed by atoms with van der Waals surface area (Å²) >= 11 is 0. The Kier molecular flexibility index (Phi) is 3.29. The summed E-state index contributed by atoms with van der Waals surface area (Å²) in [5.74, 6) is 2.02. The van der Waals surface area contributed by atoms with Crippen LogP contribution in [0.2, 0.25) is 0 Å². The van der Waals surface area contributed by atoms with Crippen LogP contribution in [0.5, 0.6) is 5.75 Å². The largest absolute Gasteiger partial charge is 0.501 e. The first-order valence-corrected chi connectivity index (χ1v) is 8.29. The summed E-state index contributed by atoms with van der Waals surface area (Å²) in [5, 5.41) is 12.0. The van der Waals surface area contributed by atoms with Crippen LogP contribution in [0.1, 0.15) is 18.1 Å². The maximum atomic E-state index is 11.0. The predicted molar refractivity (Wildman–Crippen MR) is 87.7 cm³/mol. The fourth-order valence-corrected chi connectivity index (χ4v) is 3.80. The third-order valence-electron chi connectivity index (χ3n) is 5.15. The van der Waals surface area contributed by atoms with E-state index in [1.165, 1.54) is 0 Å². The van der Waals surface area contributed by atoms with Crippen molar-refractivity contribution in [1.82, 2.24) is 0 Å². The van der Waals surface area contributed by atoms with Gasteiger partial charge in [-0.15, -0.1) is 0 Å². The third kappa shape index (κ3) is 2.25. The topological polar surface area (TPSA) is 70.3 Å². The molecule has 1 fully saturated rings. The van der Waals surface area contributed by atoms with Crippen molar-refractivity contribution < 1.29 is 28.5 Å². The standard InChI is InChI=1S/C19H18O6/c1-21-15-7-18-17(24-9-25-18)5-11(15)13-8-23-16-6-14-10(2-3-22-14)4-12(16)19(13)20/h2-6,13,18-20H,7-9H2,1H3. The van der Waals surface area contributed by atoms with Gasteiger partial charge in [-0.2, -0.15) is 0 Å². The van der Waals surface area contributed by atoms with Crippen LogP contribution in [-0.2, 0) is 14.2 Å². The van der Waals surface area contributed by atoms with E-state index in [0.717, 1.165) is 33.6 Å². The average molecular weight is 342 g/mol. The lowest BCUT2D eigenvalue weighted by molar-refractivity contribution is 0.0440. The Bertz CT molecular complexity index is 892. The normalized spacial score (nSPS) is 28.1. The lowest BCUT2D eigenvalue weighted by Gasteiger charge is -2.33. The maximum Gasteiger partial charge on any atom is 0.189 e. The number of furan rings is 1. The molecule has 3 heterocycles. The second kappa shape index (κ2) is 5.54. The summed E-state index contributed by atoms with van der Waals surface area (Å²) in [6, 6.07) is 5.63. The SMILES string of the molecule is COC1=C(C2COc3cc4occc4cc3C2O)C=C2OCOC2C1. The number of aliphatic hydroxyl groups is 1. The number of hydrogen-bond donors (Lipinski definition) is 1. The fraction of sp³-hybridized carbons (Fsp3) is 0.368. The van der Waals surface area contributed by atoms with Crippen LogP contribution in [-0.4, -0.2) is 31.7 Å². The number of benzene rings is 1. The summed E-state index contributed by atoms with van der Waals surface area (Å²) in [6.45, 7) is 0.615. The summed E-state index contributed by atoms with van der Waals surface area (Å²) in [7, 11) is 1.64. The van der Waals surface area contributed by atoms with Crippen molar-refractivity contribution in [1.29, 1.82) is 0 Å². The molecule has 0 spiro atoms. The van der Waals surface area contributed by atoms with Gasteiger partial charge >= 0.3 is 0 Å². The zero-order chi connectivity index (χ0) is 17.0. The number of rotatable bonds is 2. The molecule has 0 radical (unpaired) electrons. The first-order valence-electron chi connectivity index (χ1n) is 8.29. The number of fused-ring (bicyclic) bond motifs is 3. The Hall–Kier alpha value is -2.44. The highest BCUT2D eigenvalue weighted by molar-refractivity contribution is 5.80. The number of allylic oxidation sites excluding steroid dienone is 1. The molecule has 2 aromatic rings. The Morgan fingerprint density at radius 2 is 2.16 bits per heavy atom. The minimum Gasteiger partial charge on any atom is -0.501 e. The van der Waals surface area contributed by atoms with Crippen LogP contribution >= 0.6 is 0 Å². The fourth-order valence-electron chi connectivity index (χ4n) is 3.80. The highest BCUT2D eigenvalue weighted by Gasteiger charge is 2.38. The zero-order valence-corrected chi connectivity index (χ0v) is 13.7. The monoisotopic (exact) mass is 342 g/mol. The number of aliphatic hydroxyl groups excluding tert-OH is 1. The Balaban J connectivity index is 1.55. The van der Waals surface area contributed by atoms with E-state index < -0.39 is 6.10 Å². The van der Waals surface area contributed by atoms with Gasteiger partial charge in [0, 0.05) is 29.0 Å². The van der Waals surface area contributed by atoms with Crippen molar-refractivity contribution in [3.63, 3.8) is 0 Å². The molecule has 1 saturated heterocycles. The van der Waals surface area contributed by atoms with E-state index in [1.54, 1.807) is 13.4 Å². The molecule has 130 valence electrons. The van der Waals surface area contributed by atoms with Crippen LogP contribution in [0.15, 0.2) is 52.0 Å². The lowest BCUT2D eigenvalue weighted by atomic mass is 9.83. The van der Waals surface area contributed by atoms with Crippen LogP contribution in [0.25, 0.3) is 11.0 Å². The van der Waals surface area contributed by atoms with Gasteiger partial charge in [0.2, 0.25) is 0 Å². The molecule has 25 heavy (non-hydrogen) atoms. The number of ether oxygens (including phenoxy) is 4. The van der Waals surface area contributed by atoms with Crippen LogP contribution in [0.3, 0.4) is 0 Å². The second-order valence-electron chi connectivity index (χ2n) is 6.46. The van der Waals surface area contributed by atoms with Crippen LogP contribution in [0, 0.1) is 5.92 Å². The molecule has 0 bridgehead atoms. The van der Waals surface area contributed by atoms with Gasteiger partial charge in [-0.1, -0.05) is 0 Å². The maximum absolute atomic E-state index is 11.0. The van der Waals surface area contributed by atoms with Gasteiger partial charge in [-0.05, 0) is 18.2 Å². The molecule has 6 nitrogen and oxygen atoms in total. The van der Waals surface area contributed by atoms with Crippen molar-refractivity contribution >= 4 is 11.0 Å². The summed E-state index contributed by atoms with van der Waals surface area (Å²) in [4.78, 5) is 0. The molecule has 0 saturated carbocycles. The molecule has 5 rings (SSSR count). The van der Waals surface area contributed by atoms with E-state index in [9.17, 15) is 5.11 Å². The highest BCUT2D eigenvalue weighted by Crippen LogP contribution is 2.44. The van der Waals surface area contributed by atoms with Crippen molar-refractivity contribution in [3.8, 4) is 5.75 Å². The molecule has 6 heteroatoms. The molecule has 1 aromatic heterocycles. The average Bonchev–Trinajstić information content (AvgIpc) is 3.27. The quantitative estimate of drug-likeness (QED) is 0.905. The first kappa shape index (κ1) is 14.9. The minimum absolute atomic E-state index is 0.0989. The van der Waals surface area contributed by atoms with Gasteiger partial charge in [0.1, 0.15) is 29.0 Å². The lowest BCUT2D eigenvalue weighted by Crippen LogP contribution is -2.30. The van der Waals surface area contributed by atoms with Gasteiger partial charge in [0.15, 0.2) is 6.79 Å². The smallest absolute Gasteiger partial charge is 0.189 e. The van der Waals surface area contributed by atoms with E-state index in [2.05, 4.69) is 0 Å². The molecule has 0 amide bonds. The van der Waals surface area contributed by atoms with E-state index in [4.69, 9.17) is 23.4 Å². The molecule has 3 unspecified atom stereocenters. The Morgan fingerprint density at radius 3 is 3.04 bits per heavy atom. The molecule has 1 aliphatic carbocycles. The van der Waals surface area contributed by atoms with Gasteiger partial charge < -0.3 is 28.5 Å². The van der Waals surface area contributed by atoms with Crippen molar-refractivity contribution in [3.05, 3.63) is 53.2 Å². The van der Waals surface area contributed by atoms with Gasteiger partial charge in [0.05, 0.1) is 32.0 Å². The minimum atomic E-state index is -0.695. The highest BCUT2D eigenvalue weighted by atomic mass is 16.7. The number of methoxy groups -OCH3 is 1. The molecule has 1 aromatic carbocycles. The first-order chi connectivity index (χ1) is 12.2.